The van der Waals surface area contributed by atoms with Gasteiger partial charge in [0.2, 0.25) is 11.8 Å². The van der Waals surface area contributed by atoms with Crippen molar-refractivity contribution in [2.24, 2.45) is 11.7 Å². The lowest BCUT2D eigenvalue weighted by Gasteiger charge is -2.23. The van der Waals surface area contributed by atoms with Crippen LogP contribution >= 0.6 is 0 Å². The summed E-state index contributed by atoms with van der Waals surface area (Å²) in [7, 11) is 0. The molecule has 1 aromatic heterocycles. The second-order valence-corrected chi connectivity index (χ2v) is 6.02. The molecule has 120 valence electrons. The van der Waals surface area contributed by atoms with Crippen LogP contribution in [0, 0.1) is 5.92 Å². The summed E-state index contributed by atoms with van der Waals surface area (Å²) in [6.07, 6.45) is 6.64. The zero-order valence-corrected chi connectivity index (χ0v) is 12.9. The van der Waals surface area contributed by atoms with Crippen LogP contribution in [0.15, 0.2) is 36.7 Å². The van der Waals surface area contributed by atoms with E-state index in [0.717, 1.165) is 19.3 Å². The Bertz CT molecular complexity index is 723. The van der Waals surface area contributed by atoms with Crippen molar-refractivity contribution in [1.82, 2.24) is 9.78 Å². The second kappa shape index (κ2) is 6.64. The third-order valence-corrected chi connectivity index (χ3v) is 4.16. The fraction of sp³-hybridized carbons (Fsp3) is 0.353. The van der Waals surface area contributed by atoms with Crippen molar-refractivity contribution in [2.75, 3.05) is 5.32 Å². The third-order valence-electron chi connectivity index (χ3n) is 4.16. The van der Waals surface area contributed by atoms with E-state index >= 15 is 0 Å². The lowest BCUT2D eigenvalue weighted by molar-refractivity contribution is -0.119. The monoisotopic (exact) mass is 312 g/mol. The Morgan fingerprint density at radius 2 is 2.09 bits per heavy atom. The number of nitrogens with two attached hydrogens (primary N) is 1. The van der Waals surface area contributed by atoms with Gasteiger partial charge in [0.25, 0.3) is 0 Å². The molecule has 0 fully saturated rings. The predicted octanol–water partition coefficient (Wildman–Crippen LogP) is 1.50. The SMILES string of the molecule is NC(=O)Cn1cc(NC(=O)CC2CCc3ccccc3C2)cn1. The minimum atomic E-state index is -0.466. The fourth-order valence-electron chi connectivity index (χ4n) is 3.10. The maximum absolute atomic E-state index is 12.2. The highest BCUT2D eigenvalue weighted by molar-refractivity contribution is 5.90. The van der Waals surface area contributed by atoms with Crippen LogP contribution in [-0.4, -0.2) is 21.6 Å². The molecule has 2 amide bonds. The first kappa shape index (κ1) is 15.3. The van der Waals surface area contributed by atoms with E-state index in [4.69, 9.17) is 5.73 Å². The van der Waals surface area contributed by atoms with Gasteiger partial charge in [-0.15, -0.1) is 0 Å². The quantitative estimate of drug-likeness (QED) is 0.876. The van der Waals surface area contributed by atoms with Crippen LogP contribution in [0.4, 0.5) is 5.69 Å². The highest BCUT2D eigenvalue weighted by Gasteiger charge is 2.21. The van der Waals surface area contributed by atoms with E-state index in [2.05, 4.69) is 34.7 Å². The van der Waals surface area contributed by atoms with Crippen molar-refractivity contribution in [3.63, 3.8) is 0 Å². The van der Waals surface area contributed by atoms with Gasteiger partial charge in [-0.3, -0.25) is 14.3 Å². The molecular formula is C17H20N4O2. The number of carbonyl (C=O) groups is 2. The maximum atomic E-state index is 12.2. The molecule has 2 aromatic rings. The van der Waals surface area contributed by atoms with E-state index in [-0.39, 0.29) is 12.5 Å². The molecule has 1 aromatic carbocycles. The lowest BCUT2D eigenvalue weighted by atomic mass is 9.82. The minimum Gasteiger partial charge on any atom is -0.368 e. The highest BCUT2D eigenvalue weighted by atomic mass is 16.2. The molecule has 0 aliphatic heterocycles. The largest absolute Gasteiger partial charge is 0.368 e. The van der Waals surface area contributed by atoms with Gasteiger partial charge in [-0.2, -0.15) is 5.10 Å². The number of amides is 2. The number of hydrogen-bond acceptors (Lipinski definition) is 3. The van der Waals surface area contributed by atoms with E-state index in [1.54, 1.807) is 6.20 Å². The van der Waals surface area contributed by atoms with Crippen molar-refractivity contribution < 1.29 is 9.59 Å². The van der Waals surface area contributed by atoms with Crippen molar-refractivity contribution in [3.8, 4) is 0 Å². The average molecular weight is 312 g/mol. The zero-order chi connectivity index (χ0) is 16.2. The summed E-state index contributed by atoms with van der Waals surface area (Å²) in [5.74, 6) is -0.120. The van der Waals surface area contributed by atoms with Crippen molar-refractivity contribution >= 4 is 17.5 Å². The first-order valence-electron chi connectivity index (χ1n) is 7.77. The van der Waals surface area contributed by atoms with Gasteiger partial charge in [0, 0.05) is 12.6 Å². The number of anilines is 1. The summed E-state index contributed by atoms with van der Waals surface area (Å²) < 4.78 is 1.41. The molecule has 1 aliphatic carbocycles. The number of primary amides is 1. The van der Waals surface area contributed by atoms with Crippen LogP contribution in [0.2, 0.25) is 0 Å². The van der Waals surface area contributed by atoms with E-state index < -0.39 is 5.91 Å². The average Bonchev–Trinajstić information content (AvgIpc) is 2.93. The van der Waals surface area contributed by atoms with Gasteiger partial charge in [0.05, 0.1) is 11.9 Å². The van der Waals surface area contributed by atoms with Crippen molar-refractivity contribution in [1.29, 1.82) is 0 Å². The summed E-state index contributed by atoms with van der Waals surface area (Å²) in [4.78, 5) is 23.0. The van der Waals surface area contributed by atoms with Crippen molar-refractivity contribution in [2.45, 2.75) is 32.2 Å². The number of fused-ring (bicyclic) bond motifs is 1. The molecule has 0 saturated carbocycles. The molecule has 3 N–H and O–H groups in total. The van der Waals surface area contributed by atoms with E-state index in [0.29, 0.717) is 18.0 Å². The van der Waals surface area contributed by atoms with E-state index in [1.807, 2.05) is 0 Å². The number of carbonyl (C=O) groups excluding carboxylic acids is 2. The van der Waals surface area contributed by atoms with Gasteiger partial charge in [-0.1, -0.05) is 24.3 Å². The molecule has 0 spiro atoms. The molecular weight excluding hydrogens is 292 g/mol. The van der Waals surface area contributed by atoms with Gasteiger partial charge in [0.15, 0.2) is 0 Å². The molecule has 0 radical (unpaired) electrons. The van der Waals surface area contributed by atoms with Gasteiger partial charge in [0.1, 0.15) is 6.54 Å². The number of aromatic nitrogens is 2. The molecule has 0 saturated heterocycles. The smallest absolute Gasteiger partial charge is 0.239 e. The van der Waals surface area contributed by atoms with E-state index in [9.17, 15) is 9.59 Å². The van der Waals surface area contributed by atoms with Crippen molar-refractivity contribution in [3.05, 3.63) is 47.8 Å². The summed E-state index contributed by atoms with van der Waals surface area (Å²) >= 11 is 0. The van der Waals surface area contributed by atoms with Gasteiger partial charge < -0.3 is 11.1 Å². The number of hydrogen-bond donors (Lipinski definition) is 2. The number of rotatable bonds is 5. The van der Waals surface area contributed by atoms with Crippen LogP contribution in [0.25, 0.3) is 0 Å². The lowest BCUT2D eigenvalue weighted by Crippen LogP contribution is -2.21. The molecule has 1 unspecified atom stereocenters. The number of benzene rings is 1. The van der Waals surface area contributed by atoms with Crippen LogP contribution in [0.5, 0.6) is 0 Å². The Hall–Kier alpha value is -2.63. The first-order chi connectivity index (χ1) is 11.1. The summed E-state index contributed by atoms with van der Waals surface area (Å²) in [5.41, 5.74) is 8.45. The first-order valence-corrected chi connectivity index (χ1v) is 7.77. The van der Waals surface area contributed by atoms with Crippen LogP contribution in [-0.2, 0) is 29.0 Å². The van der Waals surface area contributed by atoms with Gasteiger partial charge in [-0.25, -0.2) is 0 Å². The molecule has 1 heterocycles. The normalized spacial score (nSPS) is 16.6. The minimum absolute atomic E-state index is 0.00921. The molecule has 1 atom stereocenters. The van der Waals surface area contributed by atoms with Crippen LogP contribution < -0.4 is 11.1 Å². The Morgan fingerprint density at radius 3 is 2.87 bits per heavy atom. The number of nitrogens with one attached hydrogen (secondary N) is 1. The molecule has 0 bridgehead atoms. The standard InChI is InChI=1S/C17H20N4O2/c18-16(22)11-21-10-15(9-19-21)20-17(23)8-12-5-6-13-3-1-2-4-14(13)7-12/h1-4,9-10,12H,5-8,11H2,(H2,18,22)(H,20,23). The Labute approximate surface area is 134 Å². The Kier molecular flexibility index (Phi) is 4.41. The van der Waals surface area contributed by atoms with E-state index in [1.165, 1.54) is 22.0 Å². The Balaban J connectivity index is 1.54. The Morgan fingerprint density at radius 1 is 1.30 bits per heavy atom. The van der Waals surface area contributed by atoms with Crippen LogP contribution in [0.1, 0.15) is 24.0 Å². The molecule has 1 aliphatic rings. The van der Waals surface area contributed by atoms with Gasteiger partial charge >= 0.3 is 0 Å². The topological polar surface area (TPSA) is 90.0 Å². The molecule has 6 heteroatoms. The highest BCUT2D eigenvalue weighted by Crippen LogP contribution is 2.27. The maximum Gasteiger partial charge on any atom is 0.239 e. The molecule has 23 heavy (non-hydrogen) atoms. The summed E-state index contributed by atoms with van der Waals surface area (Å²) in [6, 6.07) is 8.43. The van der Waals surface area contributed by atoms with Crippen LogP contribution in [0.3, 0.4) is 0 Å². The number of aryl methyl sites for hydroxylation is 1. The molecule has 3 rings (SSSR count). The predicted molar refractivity (Wildman–Crippen MR) is 86.6 cm³/mol. The third kappa shape index (κ3) is 3.97. The molecule has 6 nitrogen and oxygen atoms in total. The summed E-state index contributed by atoms with van der Waals surface area (Å²) in [5, 5.41) is 6.82. The number of nitrogens with zero attached hydrogens (tertiary/aromatic N) is 2. The summed E-state index contributed by atoms with van der Waals surface area (Å²) in [6.45, 7) is 0.00921. The fourth-order valence-corrected chi connectivity index (χ4v) is 3.10. The van der Waals surface area contributed by atoms with Gasteiger partial charge in [-0.05, 0) is 36.3 Å². The second-order valence-electron chi connectivity index (χ2n) is 6.02. The zero-order valence-electron chi connectivity index (χ0n) is 12.9.